The van der Waals surface area contributed by atoms with E-state index in [1.54, 1.807) is 24.3 Å². The van der Waals surface area contributed by atoms with E-state index in [0.717, 1.165) is 0 Å². The quantitative estimate of drug-likeness (QED) is 0.362. The van der Waals surface area contributed by atoms with E-state index in [-0.39, 0.29) is 30.5 Å². The maximum atomic E-state index is 11.7. The lowest BCUT2D eigenvalue weighted by molar-refractivity contribution is -0.146. The van der Waals surface area contributed by atoms with Crippen LogP contribution in [0.3, 0.4) is 0 Å². The van der Waals surface area contributed by atoms with Crippen molar-refractivity contribution in [2.45, 2.75) is 19.8 Å². The molecule has 3 N–H and O–H groups in total. The topological polar surface area (TPSA) is 106 Å². The predicted molar refractivity (Wildman–Crippen MR) is 97.2 cm³/mol. The smallest absolute Gasteiger partial charge is 0.306 e. The van der Waals surface area contributed by atoms with E-state index in [1.165, 1.54) is 14.0 Å². The minimum absolute atomic E-state index is 0.0326. The van der Waals surface area contributed by atoms with Crippen molar-refractivity contribution in [3.05, 3.63) is 24.3 Å². The van der Waals surface area contributed by atoms with Crippen LogP contribution < -0.4 is 16.0 Å². The molecule has 0 heterocycles. The van der Waals surface area contributed by atoms with Gasteiger partial charge in [0.05, 0.1) is 13.0 Å². The number of carbonyl (C=O) groups excluding carboxylic acids is 3. The van der Waals surface area contributed by atoms with Gasteiger partial charge in [-0.2, -0.15) is 0 Å². The maximum absolute atomic E-state index is 11.7. The molecule has 0 saturated carbocycles. The molecule has 0 radical (unpaired) electrons. The number of methoxy groups -OCH3 is 1. The van der Waals surface area contributed by atoms with Crippen LogP contribution in [0.5, 0.6) is 0 Å². The summed E-state index contributed by atoms with van der Waals surface area (Å²) in [5.74, 6) is -1.03. The van der Waals surface area contributed by atoms with Gasteiger partial charge in [-0.1, -0.05) is 0 Å². The number of anilines is 2. The van der Waals surface area contributed by atoms with Crippen LogP contribution in [0, 0.1) is 0 Å². The SMILES string of the molecule is COCCOC(=O)CCC(=O)NC(=S)Nc1ccc(NC(C)=O)cc1. The monoisotopic (exact) mass is 367 g/mol. The summed E-state index contributed by atoms with van der Waals surface area (Å²) in [7, 11) is 1.50. The van der Waals surface area contributed by atoms with Gasteiger partial charge in [0.25, 0.3) is 0 Å². The summed E-state index contributed by atoms with van der Waals surface area (Å²) < 4.78 is 9.60. The van der Waals surface area contributed by atoms with Gasteiger partial charge in [-0.15, -0.1) is 0 Å². The third-order valence-corrected chi connectivity index (χ3v) is 3.03. The Morgan fingerprint density at radius 2 is 1.60 bits per heavy atom. The second kappa shape index (κ2) is 11.1. The van der Waals surface area contributed by atoms with Gasteiger partial charge < -0.3 is 25.4 Å². The van der Waals surface area contributed by atoms with E-state index >= 15 is 0 Å². The number of ether oxygens (including phenoxy) is 2. The molecule has 0 fully saturated rings. The molecule has 9 heteroatoms. The van der Waals surface area contributed by atoms with Gasteiger partial charge in [0.15, 0.2) is 5.11 Å². The molecular formula is C16H21N3O5S. The summed E-state index contributed by atoms with van der Waals surface area (Å²) in [5.41, 5.74) is 1.30. The van der Waals surface area contributed by atoms with Crippen molar-refractivity contribution in [1.29, 1.82) is 0 Å². The number of amides is 2. The second-order valence-corrected chi connectivity index (χ2v) is 5.38. The third-order valence-electron chi connectivity index (χ3n) is 2.82. The fourth-order valence-corrected chi connectivity index (χ4v) is 1.95. The number of carbonyl (C=O) groups is 3. The molecule has 0 unspecified atom stereocenters. The van der Waals surface area contributed by atoms with E-state index in [0.29, 0.717) is 18.0 Å². The molecule has 0 bridgehead atoms. The van der Waals surface area contributed by atoms with E-state index in [4.69, 9.17) is 21.7 Å². The first-order valence-electron chi connectivity index (χ1n) is 7.53. The van der Waals surface area contributed by atoms with Gasteiger partial charge in [0.2, 0.25) is 11.8 Å². The Hall–Kier alpha value is -2.52. The number of hydrogen-bond acceptors (Lipinski definition) is 6. The fourth-order valence-electron chi connectivity index (χ4n) is 1.72. The average molecular weight is 367 g/mol. The van der Waals surface area contributed by atoms with Gasteiger partial charge in [-0.05, 0) is 36.5 Å². The average Bonchev–Trinajstić information content (AvgIpc) is 2.54. The number of thiocarbonyl (C=S) groups is 1. The molecule has 1 aromatic rings. The van der Waals surface area contributed by atoms with Crippen LogP contribution in [0.15, 0.2) is 24.3 Å². The molecule has 0 aliphatic rings. The highest BCUT2D eigenvalue weighted by Crippen LogP contribution is 2.13. The Morgan fingerprint density at radius 1 is 1.00 bits per heavy atom. The molecular weight excluding hydrogens is 346 g/mol. The lowest BCUT2D eigenvalue weighted by atomic mass is 10.3. The van der Waals surface area contributed by atoms with Crippen molar-refractivity contribution in [2.24, 2.45) is 0 Å². The van der Waals surface area contributed by atoms with Crippen LogP contribution in [0.2, 0.25) is 0 Å². The van der Waals surface area contributed by atoms with Gasteiger partial charge in [-0.3, -0.25) is 14.4 Å². The van der Waals surface area contributed by atoms with Crippen molar-refractivity contribution >= 4 is 46.5 Å². The number of rotatable bonds is 8. The van der Waals surface area contributed by atoms with Gasteiger partial charge >= 0.3 is 5.97 Å². The molecule has 0 saturated heterocycles. The first kappa shape index (κ1) is 20.5. The maximum Gasteiger partial charge on any atom is 0.306 e. The van der Waals surface area contributed by atoms with E-state index in [9.17, 15) is 14.4 Å². The number of esters is 1. The van der Waals surface area contributed by atoms with Crippen LogP contribution in [0.25, 0.3) is 0 Å². The predicted octanol–water partition coefficient (Wildman–Crippen LogP) is 1.43. The molecule has 8 nitrogen and oxygen atoms in total. The minimum Gasteiger partial charge on any atom is -0.463 e. The highest BCUT2D eigenvalue weighted by atomic mass is 32.1. The van der Waals surface area contributed by atoms with Crippen LogP contribution in [0.4, 0.5) is 11.4 Å². The number of benzene rings is 1. The molecule has 136 valence electrons. The molecule has 1 aromatic carbocycles. The van der Waals surface area contributed by atoms with Crippen LogP contribution >= 0.6 is 12.2 Å². The summed E-state index contributed by atoms with van der Waals surface area (Å²) in [5, 5.41) is 8.07. The Bertz CT molecular complexity index is 619. The summed E-state index contributed by atoms with van der Waals surface area (Å²) in [4.78, 5) is 34.1. The van der Waals surface area contributed by atoms with Crippen molar-refractivity contribution < 1.29 is 23.9 Å². The standard InChI is InChI=1S/C16H21N3O5S/c1-11(20)17-12-3-5-13(6-4-12)18-16(25)19-14(21)7-8-15(22)24-10-9-23-2/h3-6H,7-10H2,1-2H3,(H,17,20)(H2,18,19,21,25). The molecule has 25 heavy (non-hydrogen) atoms. The normalized spacial score (nSPS) is 9.84. The molecule has 0 spiro atoms. The first-order valence-corrected chi connectivity index (χ1v) is 7.94. The van der Waals surface area contributed by atoms with Crippen molar-refractivity contribution in [2.75, 3.05) is 31.0 Å². The zero-order chi connectivity index (χ0) is 18.7. The number of hydrogen-bond donors (Lipinski definition) is 3. The second-order valence-electron chi connectivity index (χ2n) is 4.97. The molecule has 0 aromatic heterocycles. The molecule has 0 aliphatic heterocycles. The van der Waals surface area contributed by atoms with Gasteiger partial charge in [-0.25, -0.2) is 0 Å². The Balaban J connectivity index is 2.32. The van der Waals surface area contributed by atoms with E-state index in [2.05, 4.69) is 16.0 Å². The minimum atomic E-state index is -0.473. The van der Waals surface area contributed by atoms with Crippen LogP contribution in [-0.2, 0) is 23.9 Å². The molecule has 1 rings (SSSR count). The van der Waals surface area contributed by atoms with Crippen molar-refractivity contribution in [3.8, 4) is 0 Å². The zero-order valence-corrected chi connectivity index (χ0v) is 14.9. The van der Waals surface area contributed by atoms with Crippen LogP contribution in [-0.4, -0.2) is 43.2 Å². The fraction of sp³-hybridized carbons (Fsp3) is 0.375. The van der Waals surface area contributed by atoms with Crippen LogP contribution in [0.1, 0.15) is 19.8 Å². The van der Waals surface area contributed by atoms with Gasteiger partial charge in [0.1, 0.15) is 6.61 Å². The van der Waals surface area contributed by atoms with Gasteiger partial charge in [0, 0.05) is 31.8 Å². The molecule has 0 aliphatic carbocycles. The Kier molecular flexibility index (Phi) is 9.12. The van der Waals surface area contributed by atoms with Crippen molar-refractivity contribution in [1.82, 2.24) is 5.32 Å². The summed E-state index contributed by atoms with van der Waals surface area (Å²) in [6, 6.07) is 6.81. The first-order chi connectivity index (χ1) is 11.9. The lowest BCUT2D eigenvalue weighted by Crippen LogP contribution is -2.34. The van der Waals surface area contributed by atoms with E-state index < -0.39 is 11.9 Å². The summed E-state index contributed by atoms with van der Waals surface area (Å²) in [6.07, 6.45) is -0.0708. The highest BCUT2D eigenvalue weighted by molar-refractivity contribution is 7.80. The van der Waals surface area contributed by atoms with E-state index in [1.807, 2.05) is 0 Å². The van der Waals surface area contributed by atoms with Crippen molar-refractivity contribution in [3.63, 3.8) is 0 Å². The summed E-state index contributed by atoms with van der Waals surface area (Å²) in [6.45, 7) is 1.89. The molecule has 2 amide bonds. The lowest BCUT2D eigenvalue weighted by Gasteiger charge is -2.10. The summed E-state index contributed by atoms with van der Waals surface area (Å²) >= 11 is 5.04. The Labute approximate surface area is 151 Å². The number of nitrogens with one attached hydrogen (secondary N) is 3. The largest absolute Gasteiger partial charge is 0.463 e. The third kappa shape index (κ3) is 9.38. The highest BCUT2D eigenvalue weighted by Gasteiger charge is 2.09. The zero-order valence-electron chi connectivity index (χ0n) is 14.1. The molecule has 0 atom stereocenters. The Morgan fingerprint density at radius 3 is 2.16 bits per heavy atom.